The van der Waals surface area contributed by atoms with Crippen LogP contribution in [0, 0.1) is 4.91 Å². The zero-order valence-electron chi connectivity index (χ0n) is 10.5. The fourth-order valence-corrected chi connectivity index (χ4v) is 3.11. The minimum atomic E-state index is -0.567. The molecule has 0 rings (SSSR count). The molecule has 6 heteroatoms. The van der Waals surface area contributed by atoms with Crippen LogP contribution in [0.2, 0.25) is 0 Å². The number of carbonyl (C=O) groups is 1. The molecule has 0 saturated heterocycles. The highest BCUT2D eigenvalue weighted by Gasteiger charge is 2.00. The summed E-state index contributed by atoms with van der Waals surface area (Å²) < 4.78 is 0. The molecule has 18 heavy (non-hydrogen) atoms. The second kappa shape index (κ2) is 12.6. The number of nitroso groups, excluding NO2 is 1. The average molecular weight is 286 g/mol. The SMILES string of the molecule is C=C/C=C\C(CSSCCCC(=O)N=O)=NCC. The van der Waals surface area contributed by atoms with Crippen molar-refractivity contribution < 1.29 is 4.79 Å². The highest BCUT2D eigenvalue weighted by atomic mass is 33.1. The summed E-state index contributed by atoms with van der Waals surface area (Å²) in [4.78, 5) is 24.8. The van der Waals surface area contributed by atoms with Gasteiger partial charge in [-0.25, -0.2) is 0 Å². The van der Waals surface area contributed by atoms with Crippen LogP contribution in [0.4, 0.5) is 0 Å². The van der Waals surface area contributed by atoms with Crippen molar-refractivity contribution in [1.29, 1.82) is 0 Å². The summed E-state index contributed by atoms with van der Waals surface area (Å²) in [5.74, 6) is 1.09. The third kappa shape index (κ3) is 10.3. The van der Waals surface area contributed by atoms with Gasteiger partial charge in [-0.15, -0.1) is 4.91 Å². The standard InChI is InChI=1S/C12H18N2O2S2/c1-3-5-7-11(13-4-2)10-18-17-9-6-8-12(15)14-16/h3,5,7H,1,4,6,8-10H2,2H3/b7-5-,13-11?. The van der Waals surface area contributed by atoms with Gasteiger partial charge in [-0.1, -0.05) is 40.3 Å². The van der Waals surface area contributed by atoms with Crippen LogP contribution in [-0.4, -0.2) is 29.7 Å². The van der Waals surface area contributed by atoms with E-state index < -0.39 is 5.91 Å². The summed E-state index contributed by atoms with van der Waals surface area (Å²) in [6, 6.07) is 0. The lowest BCUT2D eigenvalue weighted by molar-refractivity contribution is -0.117. The van der Waals surface area contributed by atoms with Crippen molar-refractivity contribution in [2.24, 2.45) is 10.2 Å². The first-order valence-corrected chi connectivity index (χ1v) is 8.16. The van der Waals surface area contributed by atoms with Crippen LogP contribution in [0.3, 0.4) is 0 Å². The summed E-state index contributed by atoms with van der Waals surface area (Å²) >= 11 is 0. The van der Waals surface area contributed by atoms with Gasteiger partial charge in [0.25, 0.3) is 5.91 Å². The molecule has 0 atom stereocenters. The molecule has 0 bridgehead atoms. The Kier molecular flexibility index (Phi) is 12.0. The van der Waals surface area contributed by atoms with Gasteiger partial charge in [0.15, 0.2) is 0 Å². The molecule has 0 unspecified atom stereocenters. The van der Waals surface area contributed by atoms with Crippen molar-refractivity contribution in [3.05, 3.63) is 29.7 Å². The Balaban J connectivity index is 3.70. The number of hydrogen-bond acceptors (Lipinski definition) is 5. The van der Waals surface area contributed by atoms with Gasteiger partial charge in [0.2, 0.25) is 0 Å². The number of allylic oxidation sites excluding steroid dienone is 3. The molecule has 0 spiro atoms. The summed E-state index contributed by atoms with van der Waals surface area (Å²) in [6.07, 6.45) is 6.47. The summed E-state index contributed by atoms with van der Waals surface area (Å²) in [7, 11) is 3.36. The number of aliphatic imine (C=N–C) groups is 1. The topological polar surface area (TPSA) is 58.9 Å². The van der Waals surface area contributed by atoms with E-state index in [2.05, 4.69) is 16.7 Å². The summed E-state index contributed by atoms with van der Waals surface area (Å²) in [6.45, 7) is 6.38. The van der Waals surface area contributed by atoms with Crippen molar-refractivity contribution in [1.82, 2.24) is 0 Å². The highest BCUT2D eigenvalue weighted by Crippen LogP contribution is 2.22. The third-order valence-electron chi connectivity index (χ3n) is 1.80. The Morgan fingerprint density at radius 3 is 2.78 bits per heavy atom. The van der Waals surface area contributed by atoms with Crippen LogP contribution in [-0.2, 0) is 4.79 Å². The molecule has 0 N–H and O–H groups in total. The van der Waals surface area contributed by atoms with Crippen LogP contribution in [0.25, 0.3) is 0 Å². The smallest absolute Gasteiger partial charge is 0.286 e. The van der Waals surface area contributed by atoms with Gasteiger partial charge in [0.05, 0.1) is 0 Å². The molecule has 0 aromatic rings. The molecular weight excluding hydrogens is 268 g/mol. The lowest BCUT2D eigenvalue weighted by Gasteiger charge is -2.01. The van der Waals surface area contributed by atoms with Crippen LogP contribution in [0.1, 0.15) is 19.8 Å². The van der Waals surface area contributed by atoms with E-state index in [4.69, 9.17) is 0 Å². The molecule has 0 radical (unpaired) electrons. The minimum Gasteiger partial charge on any atom is -0.289 e. The van der Waals surface area contributed by atoms with Crippen LogP contribution in [0.15, 0.2) is 35.0 Å². The van der Waals surface area contributed by atoms with Gasteiger partial charge in [0.1, 0.15) is 0 Å². The molecule has 4 nitrogen and oxygen atoms in total. The fraction of sp³-hybridized carbons (Fsp3) is 0.500. The molecule has 0 heterocycles. The molecule has 0 aromatic heterocycles. The van der Waals surface area contributed by atoms with Crippen LogP contribution < -0.4 is 0 Å². The first kappa shape index (κ1) is 17.1. The molecule has 0 saturated carbocycles. The van der Waals surface area contributed by atoms with Gasteiger partial charge < -0.3 is 0 Å². The maximum Gasteiger partial charge on any atom is 0.286 e. The molecule has 0 aliphatic heterocycles. The first-order chi connectivity index (χ1) is 8.74. The largest absolute Gasteiger partial charge is 0.289 e. The van der Waals surface area contributed by atoms with Crippen molar-refractivity contribution in [2.75, 3.05) is 18.1 Å². The lowest BCUT2D eigenvalue weighted by atomic mass is 10.3. The van der Waals surface area contributed by atoms with E-state index in [0.717, 1.165) is 23.8 Å². The van der Waals surface area contributed by atoms with E-state index in [-0.39, 0.29) is 6.42 Å². The van der Waals surface area contributed by atoms with Crippen LogP contribution in [0.5, 0.6) is 0 Å². The van der Waals surface area contributed by atoms with E-state index in [0.29, 0.717) is 6.42 Å². The van der Waals surface area contributed by atoms with Crippen molar-refractivity contribution in [3.63, 3.8) is 0 Å². The molecule has 0 fully saturated rings. The normalized spacial score (nSPS) is 11.7. The average Bonchev–Trinajstić information content (AvgIpc) is 2.39. The Labute approximate surface area is 116 Å². The first-order valence-electron chi connectivity index (χ1n) is 5.67. The zero-order valence-corrected chi connectivity index (χ0v) is 12.1. The van der Waals surface area contributed by atoms with Gasteiger partial charge in [-0.2, -0.15) is 0 Å². The second-order valence-corrected chi connectivity index (χ2v) is 5.82. The number of carbonyl (C=O) groups excluding carboxylic acids is 1. The Morgan fingerprint density at radius 1 is 1.39 bits per heavy atom. The molecule has 0 aromatic carbocycles. The lowest BCUT2D eigenvalue weighted by Crippen LogP contribution is -1.98. The monoisotopic (exact) mass is 286 g/mol. The Morgan fingerprint density at radius 2 is 2.17 bits per heavy atom. The molecule has 1 amide bonds. The Hall–Kier alpha value is -0.880. The van der Waals surface area contributed by atoms with Gasteiger partial charge in [-0.3, -0.25) is 9.79 Å². The van der Waals surface area contributed by atoms with E-state index in [1.807, 2.05) is 19.1 Å². The van der Waals surface area contributed by atoms with Crippen molar-refractivity contribution in [2.45, 2.75) is 19.8 Å². The maximum absolute atomic E-state index is 10.6. The zero-order chi connectivity index (χ0) is 13.6. The summed E-state index contributed by atoms with van der Waals surface area (Å²) in [5, 5.41) is 2.35. The summed E-state index contributed by atoms with van der Waals surface area (Å²) in [5.41, 5.74) is 1.03. The van der Waals surface area contributed by atoms with E-state index >= 15 is 0 Å². The quantitative estimate of drug-likeness (QED) is 0.202. The second-order valence-electron chi connectivity index (χ2n) is 3.23. The van der Waals surface area contributed by atoms with Gasteiger partial charge >= 0.3 is 0 Å². The third-order valence-corrected chi connectivity index (χ3v) is 4.19. The maximum atomic E-state index is 10.6. The van der Waals surface area contributed by atoms with E-state index in [9.17, 15) is 9.70 Å². The number of amides is 1. The number of nitrogens with zero attached hydrogens (tertiary/aromatic N) is 2. The van der Waals surface area contributed by atoms with Gasteiger partial charge in [-0.05, 0) is 19.4 Å². The van der Waals surface area contributed by atoms with Gasteiger partial charge in [0, 0.05) is 35.4 Å². The highest BCUT2D eigenvalue weighted by molar-refractivity contribution is 8.76. The molecule has 0 aliphatic rings. The number of rotatable bonds is 10. The predicted octanol–water partition coefficient (Wildman–Crippen LogP) is 3.64. The fourth-order valence-electron chi connectivity index (χ4n) is 1.02. The Bertz CT molecular complexity index is 328. The molecular formula is C12H18N2O2S2. The number of hydrogen-bond donors (Lipinski definition) is 0. The predicted molar refractivity (Wildman–Crippen MR) is 82.3 cm³/mol. The van der Waals surface area contributed by atoms with Crippen LogP contribution >= 0.6 is 21.6 Å². The minimum absolute atomic E-state index is 0.239. The van der Waals surface area contributed by atoms with Crippen molar-refractivity contribution in [3.8, 4) is 0 Å². The molecule has 0 aliphatic carbocycles. The van der Waals surface area contributed by atoms with E-state index in [1.54, 1.807) is 27.7 Å². The van der Waals surface area contributed by atoms with E-state index in [1.165, 1.54) is 0 Å². The molecule has 100 valence electrons. The van der Waals surface area contributed by atoms with Crippen molar-refractivity contribution >= 4 is 33.2 Å².